The van der Waals surface area contributed by atoms with Gasteiger partial charge >= 0.3 is 0 Å². The number of carbonyl (C=O) groups is 3. The number of carbonyl (C=O) groups excluding carboxylic acids is 3. The van der Waals surface area contributed by atoms with E-state index in [0.29, 0.717) is 0 Å². The molecule has 2 rings (SSSR count). The van der Waals surface area contributed by atoms with Gasteiger partial charge in [0.1, 0.15) is 11.5 Å². The molecule has 0 unspecified atom stereocenters. The van der Waals surface area contributed by atoms with E-state index in [1.807, 2.05) is 92.6 Å². The van der Waals surface area contributed by atoms with Gasteiger partial charge in [0.15, 0.2) is 11.6 Å². The third-order valence-electron chi connectivity index (χ3n) is 4.81. The molecule has 0 aromatic heterocycles. The normalized spacial score (nSPS) is 10.3. The van der Waals surface area contributed by atoms with E-state index in [-0.39, 0.29) is 55.9 Å². The van der Waals surface area contributed by atoms with Crippen molar-refractivity contribution in [1.29, 1.82) is 0 Å². The average molecular weight is 503 g/mol. The van der Waals surface area contributed by atoms with Crippen molar-refractivity contribution >= 4 is 17.3 Å². The van der Waals surface area contributed by atoms with Gasteiger partial charge in [-0.3, -0.25) is 14.4 Å². The van der Waals surface area contributed by atoms with Crippen LogP contribution in [0.2, 0.25) is 0 Å². The highest BCUT2D eigenvalue weighted by Gasteiger charge is 2.23. The zero-order valence-electron chi connectivity index (χ0n) is 22.3. The van der Waals surface area contributed by atoms with Crippen molar-refractivity contribution in [1.82, 2.24) is 0 Å². The van der Waals surface area contributed by atoms with Gasteiger partial charge < -0.3 is 4.74 Å². The number of hydrogen-bond acceptors (Lipinski definition) is 4. The maximum atomic E-state index is 11.8. The Balaban J connectivity index is -0.000000215. The number of hydrogen-bond donors (Lipinski definition) is 0. The van der Waals surface area contributed by atoms with Crippen LogP contribution in [0.5, 0.6) is 5.75 Å². The smallest absolute Gasteiger partial charge is 0.168 e. The van der Waals surface area contributed by atoms with E-state index in [1.165, 1.54) is 0 Å². The van der Waals surface area contributed by atoms with Crippen LogP contribution >= 0.6 is 0 Å². The van der Waals surface area contributed by atoms with Crippen LogP contribution in [0.25, 0.3) is 0 Å². The standard InChI is InChI=1S/C12H16O2.C11H14O.C6H12O.3CH4/c1-12(2,3)11(13)9-5-7-10(14-4)8-6-9;1-11(2,3)10(12)9-7-5-4-6-8-9;1-5(7)6(2,3)4;;;/h5-8H,1-4H3;4-8H,1-3H3;1-4H3;3*1H4. The molecule has 0 amide bonds. The van der Waals surface area contributed by atoms with Crippen LogP contribution in [-0.2, 0) is 4.79 Å². The molecule has 0 atom stereocenters. The molecule has 4 nitrogen and oxygen atoms in total. The number of ether oxygens (including phenoxy) is 1. The van der Waals surface area contributed by atoms with Gasteiger partial charge in [-0.2, -0.15) is 0 Å². The van der Waals surface area contributed by atoms with Crippen molar-refractivity contribution in [2.24, 2.45) is 16.2 Å². The third-order valence-corrected chi connectivity index (χ3v) is 4.81. The van der Waals surface area contributed by atoms with Crippen LogP contribution in [0.1, 0.15) is 112 Å². The van der Waals surface area contributed by atoms with Crippen molar-refractivity contribution < 1.29 is 19.1 Å². The molecule has 4 heteroatoms. The van der Waals surface area contributed by atoms with E-state index in [0.717, 1.165) is 16.9 Å². The van der Waals surface area contributed by atoms with Crippen molar-refractivity contribution in [3.63, 3.8) is 0 Å². The van der Waals surface area contributed by atoms with Gasteiger partial charge in [-0.05, 0) is 31.2 Å². The summed E-state index contributed by atoms with van der Waals surface area (Å²) in [5, 5.41) is 0. The van der Waals surface area contributed by atoms with Crippen LogP contribution in [0.3, 0.4) is 0 Å². The average Bonchev–Trinajstić information content (AvgIpc) is 2.72. The molecule has 0 spiro atoms. The fraction of sp³-hybridized carbons (Fsp3) is 0.531. The molecule has 0 aliphatic heterocycles. The second kappa shape index (κ2) is 16.8. The third kappa shape index (κ3) is 15.3. The molecule has 0 aliphatic rings. The van der Waals surface area contributed by atoms with E-state index in [4.69, 9.17) is 4.74 Å². The molecule has 0 aliphatic carbocycles. The quantitative estimate of drug-likeness (QED) is 0.392. The van der Waals surface area contributed by atoms with Gasteiger partial charge in [-0.25, -0.2) is 0 Å². The first-order valence-electron chi connectivity index (χ1n) is 11.2. The SMILES string of the molecule is C.C.C.CC(=O)C(C)(C)C.CC(C)(C)C(=O)c1ccccc1.COc1ccc(C(=O)C(C)(C)C)cc1. The monoisotopic (exact) mass is 502 g/mol. The van der Waals surface area contributed by atoms with E-state index >= 15 is 0 Å². The summed E-state index contributed by atoms with van der Waals surface area (Å²) in [7, 11) is 1.61. The van der Waals surface area contributed by atoms with E-state index in [2.05, 4.69) is 0 Å². The van der Waals surface area contributed by atoms with Gasteiger partial charge in [-0.1, -0.05) is 115 Å². The predicted molar refractivity (Wildman–Crippen MR) is 157 cm³/mol. The lowest BCUT2D eigenvalue weighted by molar-refractivity contribution is -0.124. The molecule has 0 bridgehead atoms. The van der Waals surface area contributed by atoms with Crippen molar-refractivity contribution in [2.75, 3.05) is 7.11 Å². The summed E-state index contributed by atoms with van der Waals surface area (Å²) in [6.45, 7) is 18.9. The minimum absolute atomic E-state index is 0. The first-order chi connectivity index (χ1) is 14.9. The molecule has 2 aromatic carbocycles. The van der Waals surface area contributed by atoms with Gasteiger partial charge in [0, 0.05) is 27.4 Å². The summed E-state index contributed by atoms with van der Waals surface area (Å²) in [4.78, 5) is 34.0. The Morgan fingerprint density at radius 3 is 1.11 bits per heavy atom. The number of Topliss-reactive ketones (excluding diaryl/α,β-unsaturated/α-hetero) is 3. The second-order valence-corrected chi connectivity index (χ2v) is 11.1. The molecule has 36 heavy (non-hydrogen) atoms. The fourth-order valence-corrected chi connectivity index (χ4v) is 2.20. The fourth-order valence-electron chi connectivity index (χ4n) is 2.20. The van der Waals surface area contributed by atoms with Crippen LogP contribution in [0, 0.1) is 16.2 Å². The zero-order chi connectivity index (χ0) is 26.0. The Labute approximate surface area is 222 Å². The first kappa shape index (κ1) is 40.4. The lowest BCUT2D eigenvalue weighted by atomic mass is 9.86. The molecule has 2 aromatic rings. The Morgan fingerprint density at radius 2 is 0.861 bits per heavy atom. The second-order valence-electron chi connectivity index (χ2n) is 11.1. The summed E-state index contributed by atoms with van der Waals surface area (Å²) >= 11 is 0. The molecule has 206 valence electrons. The molecule has 0 N–H and O–H groups in total. The highest BCUT2D eigenvalue weighted by atomic mass is 16.5. The molecule has 0 heterocycles. The summed E-state index contributed by atoms with van der Waals surface area (Å²) < 4.78 is 5.02. The molecular weight excluding hydrogens is 448 g/mol. The maximum Gasteiger partial charge on any atom is 0.168 e. The zero-order valence-corrected chi connectivity index (χ0v) is 22.3. The number of methoxy groups -OCH3 is 1. The van der Waals surface area contributed by atoms with Crippen molar-refractivity contribution in [3.8, 4) is 5.75 Å². The Kier molecular flexibility index (Phi) is 18.9. The Bertz CT molecular complexity index is 888. The Morgan fingerprint density at radius 1 is 0.556 bits per heavy atom. The highest BCUT2D eigenvalue weighted by molar-refractivity contribution is 6.00. The highest BCUT2D eigenvalue weighted by Crippen LogP contribution is 2.22. The molecule has 0 fully saturated rings. The summed E-state index contributed by atoms with van der Waals surface area (Å²) in [6, 6.07) is 16.6. The minimum atomic E-state index is -0.325. The van der Waals surface area contributed by atoms with Gasteiger partial charge in [0.2, 0.25) is 0 Å². The number of rotatable bonds is 3. The molecule has 0 saturated heterocycles. The van der Waals surface area contributed by atoms with Gasteiger partial charge in [0.05, 0.1) is 7.11 Å². The van der Waals surface area contributed by atoms with Crippen LogP contribution in [0.15, 0.2) is 54.6 Å². The lowest BCUT2D eigenvalue weighted by Crippen LogP contribution is -2.19. The van der Waals surface area contributed by atoms with Crippen LogP contribution in [-0.4, -0.2) is 24.5 Å². The maximum absolute atomic E-state index is 11.8. The lowest BCUT2D eigenvalue weighted by Gasteiger charge is -2.16. The molecule has 0 saturated carbocycles. The molecule has 0 radical (unpaired) electrons. The summed E-state index contributed by atoms with van der Waals surface area (Å²) in [5.41, 5.74) is 0.791. The van der Waals surface area contributed by atoms with Gasteiger partial charge in [-0.15, -0.1) is 0 Å². The summed E-state index contributed by atoms with van der Waals surface area (Å²) in [5.74, 6) is 1.37. The van der Waals surface area contributed by atoms with Crippen molar-refractivity contribution in [3.05, 3.63) is 65.7 Å². The minimum Gasteiger partial charge on any atom is -0.497 e. The van der Waals surface area contributed by atoms with E-state index in [1.54, 1.807) is 38.3 Å². The number of ketones is 3. The van der Waals surface area contributed by atoms with E-state index < -0.39 is 0 Å². The van der Waals surface area contributed by atoms with Gasteiger partial charge in [0.25, 0.3) is 0 Å². The summed E-state index contributed by atoms with van der Waals surface area (Å²) in [6.07, 6.45) is 0. The van der Waals surface area contributed by atoms with E-state index in [9.17, 15) is 14.4 Å². The largest absolute Gasteiger partial charge is 0.497 e. The molecular formula is C32H54O4. The topological polar surface area (TPSA) is 60.4 Å². The Hall–Kier alpha value is -2.75. The van der Waals surface area contributed by atoms with Crippen LogP contribution < -0.4 is 4.74 Å². The first-order valence-corrected chi connectivity index (χ1v) is 11.2. The van der Waals surface area contributed by atoms with Crippen molar-refractivity contribution in [2.45, 2.75) is 91.5 Å². The van der Waals surface area contributed by atoms with Crippen LogP contribution in [0.4, 0.5) is 0 Å². The number of benzene rings is 2. The predicted octanol–water partition coefficient (Wildman–Crippen LogP) is 9.37.